The first-order valence-corrected chi connectivity index (χ1v) is 17.2. The van der Waals surface area contributed by atoms with Crippen LogP contribution in [0.15, 0.2) is 84.9 Å². The van der Waals surface area contributed by atoms with Gasteiger partial charge in [0.15, 0.2) is 0 Å². The summed E-state index contributed by atoms with van der Waals surface area (Å²) in [5.74, 6) is 1.26. The molecule has 4 nitrogen and oxygen atoms in total. The van der Waals surface area contributed by atoms with Gasteiger partial charge in [0.25, 0.3) is 5.91 Å². The Balaban J connectivity index is 1.13. The fourth-order valence-electron chi connectivity index (χ4n) is 6.96. The second-order valence-electron chi connectivity index (χ2n) is 13.5. The normalized spacial score (nSPS) is 13.9. The summed E-state index contributed by atoms with van der Waals surface area (Å²) < 4.78 is 2.50. The van der Waals surface area contributed by atoms with Crippen molar-refractivity contribution in [2.24, 2.45) is 5.92 Å². The number of rotatable bonds is 12. The largest absolute Gasteiger partial charge is 0.507 e. The van der Waals surface area contributed by atoms with E-state index in [1.54, 1.807) is 6.07 Å². The molecule has 1 aliphatic rings. The first-order chi connectivity index (χ1) is 22.3. The second-order valence-corrected chi connectivity index (χ2v) is 13.5. The number of aromatic nitrogens is 1. The van der Waals surface area contributed by atoms with E-state index in [0.717, 1.165) is 48.4 Å². The second kappa shape index (κ2) is 14.0. The lowest BCUT2D eigenvalue weighted by Gasteiger charge is -2.29. The molecule has 0 saturated heterocycles. The molecule has 0 radical (unpaired) electrons. The zero-order valence-corrected chi connectivity index (χ0v) is 27.9. The number of hydrogen-bond donors (Lipinski definition) is 2. The summed E-state index contributed by atoms with van der Waals surface area (Å²) >= 11 is 0. The van der Waals surface area contributed by atoms with E-state index in [2.05, 4.69) is 74.0 Å². The molecule has 1 unspecified atom stereocenters. The van der Waals surface area contributed by atoms with E-state index in [1.807, 2.05) is 42.5 Å². The van der Waals surface area contributed by atoms with Gasteiger partial charge in [0.2, 0.25) is 0 Å². The van der Waals surface area contributed by atoms with Gasteiger partial charge in [-0.1, -0.05) is 88.1 Å². The number of carbonyl (C=O) groups is 1. The molecule has 0 aliphatic heterocycles. The molecule has 238 valence electrons. The van der Waals surface area contributed by atoms with E-state index >= 15 is 0 Å². The number of fused-ring (bicyclic) bond motifs is 1. The van der Waals surface area contributed by atoms with Gasteiger partial charge in [-0.15, -0.1) is 0 Å². The molecule has 1 atom stereocenters. The average molecular weight is 613 g/mol. The molecule has 5 aromatic rings. The Morgan fingerprint density at radius 2 is 1.67 bits per heavy atom. The molecule has 4 heteroatoms. The van der Waals surface area contributed by atoms with Crippen molar-refractivity contribution in [3.05, 3.63) is 118 Å². The van der Waals surface area contributed by atoms with Gasteiger partial charge in [-0.05, 0) is 110 Å². The lowest BCUT2D eigenvalue weighted by molar-refractivity contribution is 0.102. The summed E-state index contributed by atoms with van der Waals surface area (Å²) in [7, 11) is 0. The molecular weight excluding hydrogens is 564 g/mol. The van der Waals surface area contributed by atoms with Gasteiger partial charge in [0.05, 0.1) is 0 Å². The Morgan fingerprint density at radius 1 is 0.935 bits per heavy atom. The number of benzene rings is 4. The lowest BCUT2D eigenvalue weighted by atomic mass is 9.76. The summed E-state index contributed by atoms with van der Waals surface area (Å²) in [6.45, 7) is 10.2. The van der Waals surface area contributed by atoms with E-state index in [4.69, 9.17) is 0 Å². The van der Waals surface area contributed by atoms with Crippen molar-refractivity contribution in [2.45, 2.75) is 91.5 Å². The van der Waals surface area contributed by atoms with Crippen molar-refractivity contribution in [3.8, 4) is 16.9 Å². The first-order valence-electron chi connectivity index (χ1n) is 17.2. The number of aryl methyl sites for hydroxylation is 2. The summed E-state index contributed by atoms with van der Waals surface area (Å²) in [5.41, 5.74) is 10.8. The van der Waals surface area contributed by atoms with Crippen LogP contribution in [0.1, 0.15) is 103 Å². The van der Waals surface area contributed by atoms with E-state index < -0.39 is 0 Å². The zero-order chi connectivity index (χ0) is 32.2. The highest BCUT2D eigenvalue weighted by molar-refractivity contribution is 6.04. The fraction of sp³-hybridized carbons (Fsp3) is 0.357. The number of aromatic hydroxyl groups is 1. The van der Waals surface area contributed by atoms with Gasteiger partial charge in [-0.25, -0.2) is 0 Å². The molecule has 0 spiro atoms. The Morgan fingerprint density at radius 3 is 2.37 bits per heavy atom. The Kier molecular flexibility index (Phi) is 9.63. The minimum absolute atomic E-state index is 0.170. The van der Waals surface area contributed by atoms with Crippen LogP contribution >= 0.6 is 0 Å². The van der Waals surface area contributed by atoms with Crippen LogP contribution in [0.5, 0.6) is 5.75 Å². The van der Waals surface area contributed by atoms with Crippen LogP contribution in [0.3, 0.4) is 0 Å². The molecule has 46 heavy (non-hydrogen) atoms. The highest BCUT2D eigenvalue weighted by Gasteiger charge is 2.25. The Hall–Kier alpha value is -4.31. The Labute approximate surface area is 274 Å². The van der Waals surface area contributed by atoms with Gasteiger partial charge in [-0.3, -0.25) is 4.79 Å². The third-order valence-corrected chi connectivity index (χ3v) is 10.4. The highest BCUT2D eigenvalue weighted by atomic mass is 16.3. The van der Waals surface area contributed by atoms with Gasteiger partial charge >= 0.3 is 0 Å². The average Bonchev–Trinajstić information content (AvgIpc) is 3.27. The van der Waals surface area contributed by atoms with Crippen LogP contribution in [0.4, 0.5) is 5.69 Å². The number of carbonyl (C=O) groups excluding carboxylic acids is 1. The standard InChI is InChI=1S/C42H48N2O2/c1-5-28(2)12-9-10-23-44-30(4)29(3)37-25-32(19-22-39(37)44)24-31-17-20-35(21-18-31)42(46)43-36-26-38(33-15-11-16-33)41(40(45)27-36)34-13-7-6-8-14-34/h6-8,13-14,17-22,25-28,33,45H,5,9-12,15-16,23-24H2,1-4H3,(H,43,46). The number of anilines is 1. The molecule has 1 heterocycles. The predicted octanol–water partition coefficient (Wildman–Crippen LogP) is 11.0. The van der Waals surface area contributed by atoms with Crippen LogP contribution in [0.25, 0.3) is 22.0 Å². The number of nitrogens with one attached hydrogen (secondary N) is 1. The van der Waals surface area contributed by atoms with Gasteiger partial charge in [-0.2, -0.15) is 0 Å². The van der Waals surface area contributed by atoms with E-state index in [0.29, 0.717) is 17.2 Å². The van der Waals surface area contributed by atoms with Crippen molar-refractivity contribution in [1.82, 2.24) is 4.57 Å². The molecule has 0 bridgehead atoms. The summed E-state index contributed by atoms with van der Waals surface area (Å²) in [5, 5.41) is 15.5. The number of unbranched alkanes of at least 4 members (excludes halogenated alkanes) is 1. The van der Waals surface area contributed by atoms with Crippen LogP contribution in [0, 0.1) is 19.8 Å². The molecule has 2 N–H and O–H groups in total. The topological polar surface area (TPSA) is 54.3 Å². The van der Waals surface area contributed by atoms with Crippen molar-refractivity contribution in [3.63, 3.8) is 0 Å². The molecule has 1 saturated carbocycles. The maximum atomic E-state index is 13.3. The number of phenols is 1. The van der Waals surface area contributed by atoms with E-state index in [9.17, 15) is 9.90 Å². The van der Waals surface area contributed by atoms with Crippen molar-refractivity contribution < 1.29 is 9.90 Å². The van der Waals surface area contributed by atoms with Crippen molar-refractivity contribution in [2.75, 3.05) is 5.32 Å². The molecule has 1 aliphatic carbocycles. The number of nitrogens with zero attached hydrogens (tertiary/aromatic N) is 1. The maximum absolute atomic E-state index is 13.3. The Bertz CT molecular complexity index is 1810. The van der Waals surface area contributed by atoms with Gasteiger partial charge in [0, 0.05) is 46.0 Å². The molecule has 1 aromatic heterocycles. The highest BCUT2D eigenvalue weighted by Crippen LogP contribution is 2.46. The summed E-state index contributed by atoms with van der Waals surface area (Å²) in [6.07, 6.45) is 9.30. The van der Waals surface area contributed by atoms with Gasteiger partial charge < -0.3 is 15.0 Å². The smallest absolute Gasteiger partial charge is 0.255 e. The zero-order valence-electron chi connectivity index (χ0n) is 27.9. The number of hydrogen-bond acceptors (Lipinski definition) is 2. The monoisotopic (exact) mass is 612 g/mol. The molecule has 1 amide bonds. The minimum Gasteiger partial charge on any atom is -0.507 e. The quantitative estimate of drug-likeness (QED) is 0.138. The molecular formula is C42H48N2O2. The van der Waals surface area contributed by atoms with Crippen LogP contribution in [0.2, 0.25) is 0 Å². The van der Waals surface area contributed by atoms with E-state index in [-0.39, 0.29) is 11.7 Å². The number of amides is 1. The summed E-state index contributed by atoms with van der Waals surface area (Å²) in [4.78, 5) is 13.3. The van der Waals surface area contributed by atoms with Crippen molar-refractivity contribution in [1.29, 1.82) is 0 Å². The molecule has 4 aromatic carbocycles. The maximum Gasteiger partial charge on any atom is 0.255 e. The first kappa shape index (κ1) is 31.7. The molecule has 1 fully saturated rings. The van der Waals surface area contributed by atoms with Crippen LogP contribution in [-0.4, -0.2) is 15.6 Å². The van der Waals surface area contributed by atoms with Crippen LogP contribution < -0.4 is 5.32 Å². The van der Waals surface area contributed by atoms with Crippen molar-refractivity contribution >= 4 is 22.5 Å². The molecule has 6 rings (SSSR count). The fourth-order valence-corrected chi connectivity index (χ4v) is 6.96. The minimum atomic E-state index is -0.170. The van der Waals surface area contributed by atoms with Gasteiger partial charge in [0.1, 0.15) is 5.75 Å². The number of phenolic OH excluding ortho intramolecular Hbond substituents is 1. The predicted molar refractivity (Wildman–Crippen MR) is 192 cm³/mol. The van der Waals surface area contributed by atoms with Crippen LogP contribution in [-0.2, 0) is 13.0 Å². The third kappa shape index (κ3) is 6.77. The van der Waals surface area contributed by atoms with E-state index in [1.165, 1.54) is 65.4 Å². The summed E-state index contributed by atoms with van der Waals surface area (Å²) in [6, 6.07) is 28.6. The lowest BCUT2D eigenvalue weighted by Crippen LogP contribution is -2.14. The SMILES string of the molecule is CCC(C)CCCCn1c(C)c(C)c2cc(Cc3ccc(C(=O)Nc4cc(O)c(-c5ccccc5)c(C5CCC5)c4)cc3)ccc21. The third-order valence-electron chi connectivity index (χ3n) is 10.4.